The minimum Gasteiger partial charge on any atom is -0.328 e. The number of hydrogen-bond acceptors (Lipinski definition) is 1. The highest BCUT2D eigenvalue weighted by Crippen LogP contribution is 2.33. The summed E-state index contributed by atoms with van der Waals surface area (Å²) in [6.07, 6.45) is 6.60. The molecule has 1 fully saturated rings. The molecule has 0 saturated heterocycles. The van der Waals surface area contributed by atoms with Crippen LogP contribution in [0.4, 0.5) is 0 Å². The van der Waals surface area contributed by atoms with Gasteiger partial charge in [0.1, 0.15) is 0 Å². The maximum absolute atomic E-state index is 5.86. The lowest BCUT2D eigenvalue weighted by Crippen LogP contribution is -2.28. The van der Waals surface area contributed by atoms with Crippen molar-refractivity contribution in [3.05, 3.63) is 0 Å². The second kappa shape index (κ2) is 3.78. The van der Waals surface area contributed by atoms with Crippen molar-refractivity contribution in [3.63, 3.8) is 0 Å². The first-order valence-corrected chi connectivity index (χ1v) is 5.23. The number of hydrogen-bond donors (Lipinski definition) is 1. The molecule has 1 heteroatoms. The van der Waals surface area contributed by atoms with Gasteiger partial charge in [0.15, 0.2) is 0 Å². The third-order valence-electron chi connectivity index (χ3n) is 2.79. The molecular formula is C11H23N. The zero-order valence-corrected chi connectivity index (χ0v) is 8.77. The fraction of sp³-hybridized carbons (Fsp3) is 1.00. The van der Waals surface area contributed by atoms with E-state index in [0.717, 1.165) is 5.92 Å². The second-order valence-corrected chi connectivity index (χ2v) is 5.55. The molecule has 0 bridgehead atoms. The van der Waals surface area contributed by atoms with E-state index in [1.54, 1.807) is 0 Å². The Balaban J connectivity index is 2.26. The van der Waals surface area contributed by atoms with Gasteiger partial charge in [-0.2, -0.15) is 0 Å². The van der Waals surface area contributed by atoms with Crippen LogP contribution in [0.25, 0.3) is 0 Å². The molecule has 72 valence electrons. The lowest BCUT2D eigenvalue weighted by atomic mass is 9.76. The Labute approximate surface area is 76.7 Å². The Kier molecular flexibility index (Phi) is 3.16. The molecule has 0 radical (unpaired) electrons. The molecule has 1 nitrogen and oxygen atoms in total. The Hall–Kier alpha value is -0.0400. The van der Waals surface area contributed by atoms with E-state index in [4.69, 9.17) is 5.73 Å². The van der Waals surface area contributed by atoms with Gasteiger partial charge in [0, 0.05) is 6.04 Å². The fourth-order valence-electron chi connectivity index (χ4n) is 2.26. The average Bonchev–Trinajstić information content (AvgIpc) is 1.91. The molecule has 0 heterocycles. The molecule has 1 aliphatic rings. The van der Waals surface area contributed by atoms with Crippen molar-refractivity contribution in [1.82, 2.24) is 0 Å². The van der Waals surface area contributed by atoms with Crippen LogP contribution in [0.5, 0.6) is 0 Å². The molecule has 2 N–H and O–H groups in total. The van der Waals surface area contributed by atoms with Crippen molar-refractivity contribution in [1.29, 1.82) is 0 Å². The van der Waals surface area contributed by atoms with Crippen LogP contribution in [0.3, 0.4) is 0 Å². The van der Waals surface area contributed by atoms with Crippen LogP contribution in [0.1, 0.15) is 52.9 Å². The van der Waals surface area contributed by atoms with E-state index in [9.17, 15) is 0 Å². The van der Waals surface area contributed by atoms with Gasteiger partial charge in [-0.05, 0) is 43.4 Å². The Morgan fingerprint density at radius 2 is 1.58 bits per heavy atom. The highest BCUT2D eigenvalue weighted by atomic mass is 14.6. The zero-order valence-electron chi connectivity index (χ0n) is 8.77. The van der Waals surface area contributed by atoms with Crippen LogP contribution >= 0.6 is 0 Å². The van der Waals surface area contributed by atoms with Gasteiger partial charge >= 0.3 is 0 Å². The molecule has 0 unspecified atom stereocenters. The highest BCUT2D eigenvalue weighted by molar-refractivity contribution is 4.77. The van der Waals surface area contributed by atoms with Gasteiger partial charge in [0.05, 0.1) is 0 Å². The molecule has 0 aromatic heterocycles. The fourth-order valence-corrected chi connectivity index (χ4v) is 2.26. The van der Waals surface area contributed by atoms with E-state index >= 15 is 0 Å². The molecule has 1 rings (SSSR count). The van der Waals surface area contributed by atoms with Crippen molar-refractivity contribution < 1.29 is 0 Å². The van der Waals surface area contributed by atoms with E-state index < -0.39 is 0 Å². The number of nitrogens with two attached hydrogens (primary N) is 1. The van der Waals surface area contributed by atoms with Gasteiger partial charge in [-0.15, -0.1) is 0 Å². The smallest absolute Gasteiger partial charge is 0.00390 e. The van der Waals surface area contributed by atoms with Crippen LogP contribution in [-0.4, -0.2) is 6.04 Å². The zero-order chi connectivity index (χ0) is 9.19. The van der Waals surface area contributed by atoms with Gasteiger partial charge < -0.3 is 5.73 Å². The summed E-state index contributed by atoms with van der Waals surface area (Å²) >= 11 is 0. The molecule has 0 atom stereocenters. The van der Waals surface area contributed by atoms with Gasteiger partial charge in [-0.25, -0.2) is 0 Å². The van der Waals surface area contributed by atoms with Crippen molar-refractivity contribution >= 4 is 0 Å². The monoisotopic (exact) mass is 169 g/mol. The summed E-state index contributed by atoms with van der Waals surface area (Å²) in [5.41, 5.74) is 6.37. The summed E-state index contributed by atoms with van der Waals surface area (Å²) in [4.78, 5) is 0. The topological polar surface area (TPSA) is 26.0 Å². The Morgan fingerprint density at radius 1 is 1.08 bits per heavy atom. The minimum absolute atomic E-state index is 0.501. The lowest BCUT2D eigenvalue weighted by Gasteiger charge is -2.31. The summed E-state index contributed by atoms with van der Waals surface area (Å²) in [7, 11) is 0. The molecular weight excluding hydrogens is 146 g/mol. The van der Waals surface area contributed by atoms with E-state index in [0.29, 0.717) is 11.5 Å². The van der Waals surface area contributed by atoms with Crippen molar-refractivity contribution in [3.8, 4) is 0 Å². The first-order chi connectivity index (χ1) is 5.47. The lowest BCUT2D eigenvalue weighted by molar-refractivity contribution is 0.228. The first-order valence-electron chi connectivity index (χ1n) is 5.23. The van der Waals surface area contributed by atoms with Crippen LogP contribution in [0.15, 0.2) is 0 Å². The van der Waals surface area contributed by atoms with E-state index in [2.05, 4.69) is 20.8 Å². The predicted octanol–water partition coefficient (Wildman–Crippen LogP) is 2.94. The highest BCUT2D eigenvalue weighted by Gasteiger charge is 2.23. The van der Waals surface area contributed by atoms with Gasteiger partial charge in [-0.1, -0.05) is 20.8 Å². The van der Waals surface area contributed by atoms with E-state index in [-0.39, 0.29) is 0 Å². The van der Waals surface area contributed by atoms with Crippen LogP contribution in [0.2, 0.25) is 0 Å². The molecule has 0 aliphatic heterocycles. The quantitative estimate of drug-likeness (QED) is 0.641. The van der Waals surface area contributed by atoms with Crippen molar-refractivity contribution in [2.45, 2.75) is 58.9 Å². The molecule has 0 aromatic rings. The largest absolute Gasteiger partial charge is 0.328 e. The third-order valence-corrected chi connectivity index (χ3v) is 2.79. The summed E-state index contributed by atoms with van der Waals surface area (Å²) in [5.74, 6) is 0.949. The maximum atomic E-state index is 5.86. The number of rotatable bonds is 1. The van der Waals surface area contributed by atoms with Crippen LogP contribution in [0, 0.1) is 11.3 Å². The minimum atomic E-state index is 0.501. The molecule has 1 aliphatic carbocycles. The predicted molar refractivity (Wildman–Crippen MR) is 54.0 cm³/mol. The third kappa shape index (κ3) is 3.57. The summed E-state index contributed by atoms with van der Waals surface area (Å²) in [6, 6.07) is 0.501. The van der Waals surface area contributed by atoms with E-state index in [1.165, 1.54) is 32.1 Å². The van der Waals surface area contributed by atoms with Gasteiger partial charge in [0.2, 0.25) is 0 Å². The first kappa shape index (κ1) is 10.0. The van der Waals surface area contributed by atoms with E-state index in [1.807, 2.05) is 0 Å². The molecule has 12 heavy (non-hydrogen) atoms. The average molecular weight is 169 g/mol. The molecule has 0 amide bonds. The summed E-state index contributed by atoms with van der Waals surface area (Å²) in [5, 5.41) is 0. The van der Waals surface area contributed by atoms with Crippen LogP contribution in [-0.2, 0) is 0 Å². The maximum Gasteiger partial charge on any atom is 0.00390 e. The van der Waals surface area contributed by atoms with Crippen LogP contribution < -0.4 is 5.73 Å². The Morgan fingerprint density at radius 3 is 2.00 bits per heavy atom. The summed E-state index contributed by atoms with van der Waals surface area (Å²) in [6.45, 7) is 7.00. The standard InChI is InChI=1S/C11H23N/c1-11(2,3)8-9-4-6-10(12)7-5-9/h9-10H,4-8,12H2,1-3H3. The van der Waals surface area contributed by atoms with Crippen molar-refractivity contribution in [2.75, 3.05) is 0 Å². The SMILES string of the molecule is CC(C)(C)CC1CCC(N)CC1. The van der Waals surface area contributed by atoms with Gasteiger partial charge in [-0.3, -0.25) is 0 Å². The normalized spacial score (nSPS) is 32.0. The molecule has 1 saturated carbocycles. The summed E-state index contributed by atoms with van der Waals surface area (Å²) < 4.78 is 0. The van der Waals surface area contributed by atoms with Gasteiger partial charge in [0.25, 0.3) is 0 Å². The van der Waals surface area contributed by atoms with Crippen molar-refractivity contribution in [2.24, 2.45) is 17.1 Å². The Bertz CT molecular complexity index is 126. The molecule has 0 spiro atoms. The molecule has 0 aromatic carbocycles. The second-order valence-electron chi connectivity index (χ2n) is 5.55.